The topological polar surface area (TPSA) is 35.6 Å². The minimum atomic E-state index is -0.0624. The zero-order valence-electron chi connectivity index (χ0n) is 15.0. The summed E-state index contributed by atoms with van der Waals surface area (Å²) in [6, 6.07) is 16.1. The van der Waals surface area contributed by atoms with E-state index in [-0.39, 0.29) is 6.03 Å². The third-order valence-electron chi connectivity index (χ3n) is 3.94. The summed E-state index contributed by atoms with van der Waals surface area (Å²) in [5.74, 6) is 0. The number of benzene rings is 2. The molecule has 2 aromatic carbocycles. The summed E-state index contributed by atoms with van der Waals surface area (Å²) in [6.07, 6.45) is 0. The number of amides is 2. The standard InChI is InChI=1S/C20H27N3O/c1-16-10-11-19(17(2)14-16)21-20(24)23(13-12-22(3)4)15-18-8-6-5-7-9-18/h5-11,14H,12-13,15H2,1-4H3,(H,21,24). The van der Waals surface area contributed by atoms with Crippen LogP contribution >= 0.6 is 0 Å². The molecule has 0 atom stereocenters. The molecule has 0 radical (unpaired) electrons. The normalized spacial score (nSPS) is 10.7. The van der Waals surface area contributed by atoms with Crippen LogP contribution in [0.25, 0.3) is 0 Å². The Balaban J connectivity index is 2.10. The average molecular weight is 325 g/mol. The maximum Gasteiger partial charge on any atom is 0.322 e. The number of likely N-dealkylation sites (N-methyl/N-ethyl adjacent to an activating group) is 1. The van der Waals surface area contributed by atoms with E-state index in [1.54, 1.807) is 0 Å². The Labute approximate surface area is 145 Å². The predicted octanol–water partition coefficient (Wildman–Crippen LogP) is 3.90. The summed E-state index contributed by atoms with van der Waals surface area (Å²) in [5, 5.41) is 3.05. The summed E-state index contributed by atoms with van der Waals surface area (Å²) in [5.41, 5.74) is 4.27. The first-order valence-electron chi connectivity index (χ1n) is 8.27. The van der Waals surface area contributed by atoms with Crippen molar-refractivity contribution in [2.45, 2.75) is 20.4 Å². The van der Waals surface area contributed by atoms with Gasteiger partial charge in [0.15, 0.2) is 0 Å². The number of carbonyl (C=O) groups is 1. The lowest BCUT2D eigenvalue weighted by molar-refractivity contribution is 0.202. The lowest BCUT2D eigenvalue weighted by Crippen LogP contribution is -2.39. The highest BCUT2D eigenvalue weighted by Crippen LogP contribution is 2.17. The first-order valence-corrected chi connectivity index (χ1v) is 8.27. The van der Waals surface area contributed by atoms with Gasteiger partial charge in [0.25, 0.3) is 0 Å². The van der Waals surface area contributed by atoms with Crippen LogP contribution in [0.5, 0.6) is 0 Å². The van der Waals surface area contributed by atoms with Crippen molar-refractivity contribution in [2.24, 2.45) is 0 Å². The van der Waals surface area contributed by atoms with Crippen LogP contribution in [0, 0.1) is 13.8 Å². The molecule has 0 spiro atoms. The fourth-order valence-corrected chi connectivity index (χ4v) is 2.53. The smallest absolute Gasteiger partial charge is 0.319 e. The lowest BCUT2D eigenvalue weighted by Gasteiger charge is -2.25. The number of urea groups is 1. The van der Waals surface area contributed by atoms with E-state index in [1.807, 2.05) is 68.4 Å². The third kappa shape index (κ3) is 5.39. The molecule has 0 saturated heterocycles. The number of rotatable bonds is 6. The van der Waals surface area contributed by atoms with E-state index in [0.717, 1.165) is 23.4 Å². The molecule has 0 aliphatic carbocycles. The van der Waals surface area contributed by atoms with Gasteiger partial charge in [-0.15, -0.1) is 0 Å². The van der Waals surface area contributed by atoms with E-state index in [1.165, 1.54) is 5.56 Å². The Kier molecular flexibility index (Phi) is 6.38. The summed E-state index contributed by atoms with van der Waals surface area (Å²) < 4.78 is 0. The first kappa shape index (κ1) is 18.0. The van der Waals surface area contributed by atoms with Gasteiger partial charge in [-0.3, -0.25) is 0 Å². The summed E-state index contributed by atoms with van der Waals surface area (Å²) in [4.78, 5) is 16.7. The molecule has 0 heterocycles. The number of nitrogens with zero attached hydrogens (tertiary/aromatic N) is 2. The molecule has 0 saturated carbocycles. The van der Waals surface area contributed by atoms with Crippen molar-refractivity contribution in [3.8, 4) is 0 Å². The Morgan fingerprint density at radius 2 is 1.71 bits per heavy atom. The summed E-state index contributed by atoms with van der Waals surface area (Å²) in [6.45, 7) is 6.18. The summed E-state index contributed by atoms with van der Waals surface area (Å²) in [7, 11) is 4.03. The van der Waals surface area contributed by atoms with E-state index in [2.05, 4.69) is 23.2 Å². The predicted molar refractivity (Wildman–Crippen MR) is 100 cm³/mol. The van der Waals surface area contributed by atoms with Crippen molar-refractivity contribution < 1.29 is 4.79 Å². The minimum Gasteiger partial charge on any atom is -0.319 e. The molecular formula is C20H27N3O. The molecular weight excluding hydrogens is 298 g/mol. The number of carbonyl (C=O) groups excluding carboxylic acids is 1. The molecule has 128 valence electrons. The van der Waals surface area contributed by atoms with Crippen molar-refractivity contribution in [1.29, 1.82) is 0 Å². The largest absolute Gasteiger partial charge is 0.322 e. The number of hydrogen-bond donors (Lipinski definition) is 1. The molecule has 2 amide bonds. The van der Waals surface area contributed by atoms with Crippen molar-refractivity contribution in [1.82, 2.24) is 9.80 Å². The second-order valence-corrected chi connectivity index (χ2v) is 6.46. The second kappa shape index (κ2) is 8.50. The Morgan fingerprint density at radius 1 is 1.00 bits per heavy atom. The molecule has 0 aliphatic heterocycles. The van der Waals surface area contributed by atoms with Gasteiger partial charge in [0.2, 0.25) is 0 Å². The van der Waals surface area contributed by atoms with Gasteiger partial charge in [0.05, 0.1) is 0 Å². The fourth-order valence-electron chi connectivity index (χ4n) is 2.53. The summed E-state index contributed by atoms with van der Waals surface area (Å²) >= 11 is 0. The van der Waals surface area contributed by atoms with Crippen LogP contribution in [0.3, 0.4) is 0 Å². The lowest BCUT2D eigenvalue weighted by atomic mass is 10.1. The van der Waals surface area contributed by atoms with Gasteiger partial charge < -0.3 is 15.1 Å². The highest BCUT2D eigenvalue weighted by Gasteiger charge is 2.15. The zero-order chi connectivity index (χ0) is 17.5. The van der Waals surface area contributed by atoms with Gasteiger partial charge in [0.1, 0.15) is 0 Å². The van der Waals surface area contributed by atoms with Crippen LogP contribution in [0.4, 0.5) is 10.5 Å². The van der Waals surface area contributed by atoms with Crippen LogP contribution in [-0.2, 0) is 6.54 Å². The van der Waals surface area contributed by atoms with Gasteiger partial charge >= 0.3 is 6.03 Å². The first-order chi connectivity index (χ1) is 11.5. The van der Waals surface area contributed by atoms with Crippen LogP contribution in [0.2, 0.25) is 0 Å². The molecule has 0 aliphatic rings. The molecule has 24 heavy (non-hydrogen) atoms. The maximum atomic E-state index is 12.8. The minimum absolute atomic E-state index is 0.0624. The number of hydrogen-bond acceptors (Lipinski definition) is 2. The number of aryl methyl sites for hydroxylation is 2. The maximum absolute atomic E-state index is 12.8. The molecule has 2 rings (SSSR count). The van der Waals surface area contributed by atoms with E-state index in [9.17, 15) is 4.79 Å². The molecule has 0 fully saturated rings. The number of nitrogens with one attached hydrogen (secondary N) is 1. The third-order valence-corrected chi connectivity index (χ3v) is 3.94. The van der Waals surface area contributed by atoms with Crippen molar-refractivity contribution in [3.05, 3.63) is 65.2 Å². The average Bonchev–Trinajstić information content (AvgIpc) is 2.54. The van der Waals surface area contributed by atoms with Gasteiger partial charge in [0, 0.05) is 25.3 Å². The Bertz CT molecular complexity index is 668. The van der Waals surface area contributed by atoms with E-state index >= 15 is 0 Å². The Morgan fingerprint density at radius 3 is 2.33 bits per heavy atom. The molecule has 4 heteroatoms. The van der Waals surface area contributed by atoms with E-state index < -0.39 is 0 Å². The van der Waals surface area contributed by atoms with Crippen LogP contribution < -0.4 is 5.32 Å². The Hall–Kier alpha value is -2.33. The molecule has 2 aromatic rings. The highest BCUT2D eigenvalue weighted by atomic mass is 16.2. The van der Waals surface area contributed by atoms with Crippen molar-refractivity contribution in [3.63, 3.8) is 0 Å². The van der Waals surface area contributed by atoms with Gasteiger partial charge in [-0.1, -0.05) is 48.0 Å². The second-order valence-electron chi connectivity index (χ2n) is 6.46. The molecule has 4 nitrogen and oxygen atoms in total. The monoisotopic (exact) mass is 325 g/mol. The van der Waals surface area contributed by atoms with Crippen molar-refractivity contribution >= 4 is 11.7 Å². The fraction of sp³-hybridized carbons (Fsp3) is 0.350. The van der Waals surface area contributed by atoms with Crippen LogP contribution in [0.1, 0.15) is 16.7 Å². The molecule has 0 aromatic heterocycles. The van der Waals surface area contributed by atoms with E-state index in [0.29, 0.717) is 13.1 Å². The quantitative estimate of drug-likeness (QED) is 0.874. The van der Waals surface area contributed by atoms with E-state index in [4.69, 9.17) is 0 Å². The SMILES string of the molecule is Cc1ccc(NC(=O)N(CCN(C)C)Cc2ccccc2)c(C)c1. The zero-order valence-corrected chi connectivity index (χ0v) is 15.0. The van der Waals surface area contributed by atoms with Crippen LogP contribution in [-0.4, -0.2) is 43.0 Å². The highest BCUT2D eigenvalue weighted by molar-refractivity contribution is 5.90. The van der Waals surface area contributed by atoms with Gasteiger partial charge in [-0.2, -0.15) is 0 Å². The number of anilines is 1. The van der Waals surface area contributed by atoms with Gasteiger partial charge in [-0.25, -0.2) is 4.79 Å². The molecule has 1 N–H and O–H groups in total. The molecule has 0 unspecified atom stereocenters. The van der Waals surface area contributed by atoms with Gasteiger partial charge in [-0.05, 0) is 45.1 Å². The molecule has 0 bridgehead atoms. The van der Waals surface area contributed by atoms with Crippen LogP contribution in [0.15, 0.2) is 48.5 Å². The van der Waals surface area contributed by atoms with Crippen molar-refractivity contribution in [2.75, 3.05) is 32.5 Å².